The van der Waals surface area contributed by atoms with E-state index in [2.05, 4.69) is 4.98 Å². The lowest BCUT2D eigenvalue weighted by Crippen LogP contribution is -2.41. The molecule has 0 radical (unpaired) electrons. The second-order valence-corrected chi connectivity index (χ2v) is 9.43. The Bertz CT molecular complexity index is 1130. The average molecular weight is 411 g/mol. The maximum absolute atomic E-state index is 13.3. The first-order chi connectivity index (χ1) is 13.4. The van der Waals surface area contributed by atoms with Crippen LogP contribution in [0, 0.1) is 6.92 Å². The lowest BCUT2D eigenvalue weighted by atomic mass is 10.1. The van der Waals surface area contributed by atoms with Crippen molar-refractivity contribution in [2.45, 2.75) is 13.0 Å². The van der Waals surface area contributed by atoms with Gasteiger partial charge in [0.25, 0.3) is 5.91 Å². The minimum absolute atomic E-state index is 0.123. The van der Waals surface area contributed by atoms with Crippen LogP contribution in [-0.2, 0) is 9.84 Å². The smallest absolute Gasteiger partial charge is 0.278 e. The van der Waals surface area contributed by atoms with E-state index in [1.54, 1.807) is 11.5 Å². The fourth-order valence-corrected chi connectivity index (χ4v) is 5.16. The molecule has 0 saturated heterocycles. The highest BCUT2D eigenvalue weighted by molar-refractivity contribution is 7.94. The minimum atomic E-state index is -3.30. The predicted octanol–water partition coefficient (Wildman–Crippen LogP) is 4.08. The van der Waals surface area contributed by atoms with E-state index in [1.807, 2.05) is 61.5 Å². The van der Waals surface area contributed by atoms with E-state index in [4.69, 9.17) is 0 Å². The summed E-state index contributed by atoms with van der Waals surface area (Å²) in [4.78, 5) is 19.3. The van der Waals surface area contributed by atoms with Gasteiger partial charge in [0.2, 0.25) is 0 Å². The number of sulfone groups is 1. The summed E-state index contributed by atoms with van der Waals surface area (Å²) >= 11 is 1.39. The minimum Gasteiger partial charge on any atom is -0.299 e. The second-order valence-electron chi connectivity index (χ2n) is 6.64. The highest BCUT2D eigenvalue weighted by Crippen LogP contribution is 2.28. The third-order valence-corrected chi connectivity index (χ3v) is 6.79. The van der Waals surface area contributed by atoms with Gasteiger partial charge in [-0.3, -0.25) is 9.69 Å². The fourth-order valence-electron chi connectivity index (χ4n) is 3.09. The molecule has 1 aliphatic heterocycles. The zero-order chi connectivity index (χ0) is 19.7. The number of benzene rings is 2. The third-order valence-electron chi connectivity index (χ3n) is 4.52. The Morgan fingerprint density at radius 2 is 1.82 bits per heavy atom. The van der Waals surface area contributed by atoms with Crippen LogP contribution in [0.15, 0.2) is 71.5 Å². The average Bonchev–Trinajstić information content (AvgIpc) is 3.31. The first-order valence-electron chi connectivity index (χ1n) is 8.75. The summed E-state index contributed by atoms with van der Waals surface area (Å²) < 4.78 is 23.9. The number of rotatable bonds is 4. The fraction of sp³-hybridized carbons (Fsp3) is 0.143. The van der Waals surface area contributed by atoms with Crippen LogP contribution in [0.1, 0.15) is 16.1 Å². The van der Waals surface area contributed by atoms with Gasteiger partial charge in [-0.25, -0.2) is 13.4 Å². The molecule has 2 aromatic carbocycles. The molecule has 0 spiro atoms. The number of thiazole rings is 1. The van der Waals surface area contributed by atoms with E-state index < -0.39 is 15.9 Å². The summed E-state index contributed by atoms with van der Waals surface area (Å²) in [5.74, 6) is -0.434. The topological polar surface area (TPSA) is 67.3 Å². The van der Waals surface area contributed by atoms with Crippen molar-refractivity contribution < 1.29 is 13.2 Å². The maximum Gasteiger partial charge on any atom is 0.278 e. The van der Waals surface area contributed by atoms with E-state index in [0.29, 0.717) is 11.4 Å². The zero-order valence-electron chi connectivity index (χ0n) is 15.1. The van der Waals surface area contributed by atoms with Crippen molar-refractivity contribution in [1.29, 1.82) is 0 Å². The van der Waals surface area contributed by atoms with Crippen molar-refractivity contribution in [2.24, 2.45) is 0 Å². The third kappa shape index (κ3) is 3.76. The largest absolute Gasteiger partial charge is 0.299 e. The van der Waals surface area contributed by atoms with Crippen molar-refractivity contribution in [3.05, 3.63) is 82.7 Å². The van der Waals surface area contributed by atoms with Crippen LogP contribution in [0.4, 0.5) is 5.69 Å². The maximum atomic E-state index is 13.3. The lowest BCUT2D eigenvalue weighted by molar-refractivity contribution is 0.0979. The number of hydrogen-bond acceptors (Lipinski definition) is 5. The first-order valence-corrected chi connectivity index (χ1v) is 11.3. The molecule has 5 nitrogen and oxygen atoms in total. The monoisotopic (exact) mass is 410 g/mol. The van der Waals surface area contributed by atoms with Crippen LogP contribution in [0.25, 0.3) is 10.6 Å². The van der Waals surface area contributed by atoms with Crippen molar-refractivity contribution in [1.82, 2.24) is 4.98 Å². The highest BCUT2D eigenvalue weighted by Gasteiger charge is 2.33. The molecule has 0 N–H and O–H groups in total. The van der Waals surface area contributed by atoms with Crippen LogP contribution in [0.3, 0.4) is 0 Å². The van der Waals surface area contributed by atoms with Crippen molar-refractivity contribution in [3.63, 3.8) is 0 Å². The van der Waals surface area contributed by atoms with Crippen molar-refractivity contribution >= 4 is 32.8 Å². The Balaban J connectivity index is 1.70. The van der Waals surface area contributed by atoms with Crippen LogP contribution in [-0.4, -0.2) is 31.1 Å². The summed E-state index contributed by atoms with van der Waals surface area (Å²) in [6.07, 6.45) is 1.57. The SMILES string of the molecule is Cc1ccc(N(C(=O)c2csc(-c3ccccc3)n2)[C@@H]2C=CS(=O)(=O)C2)cc1. The number of amides is 1. The quantitative estimate of drug-likeness (QED) is 0.650. The highest BCUT2D eigenvalue weighted by atomic mass is 32.2. The molecule has 0 unspecified atom stereocenters. The Hall–Kier alpha value is -2.77. The second kappa shape index (κ2) is 7.33. The molecule has 142 valence electrons. The van der Waals surface area contributed by atoms with Gasteiger partial charge < -0.3 is 0 Å². The molecule has 3 aromatic rings. The number of carbonyl (C=O) groups excluding carboxylic acids is 1. The number of hydrogen-bond donors (Lipinski definition) is 0. The van der Waals surface area contributed by atoms with Crippen LogP contribution in [0.5, 0.6) is 0 Å². The summed E-state index contributed by atoms with van der Waals surface area (Å²) in [5, 5.41) is 3.66. The van der Waals surface area contributed by atoms with Crippen molar-refractivity contribution in [3.8, 4) is 10.6 Å². The Morgan fingerprint density at radius 1 is 1.11 bits per heavy atom. The van der Waals surface area contributed by atoms with Gasteiger partial charge in [0.1, 0.15) is 10.7 Å². The number of carbonyl (C=O) groups is 1. The van der Waals surface area contributed by atoms with Gasteiger partial charge in [0.15, 0.2) is 9.84 Å². The molecule has 28 heavy (non-hydrogen) atoms. The van der Waals surface area contributed by atoms with E-state index in [0.717, 1.165) is 16.1 Å². The molecular weight excluding hydrogens is 392 g/mol. The molecule has 1 aliphatic rings. The van der Waals surface area contributed by atoms with E-state index in [1.165, 1.54) is 21.6 Å². The summed E-state index contributed by atoms with van der Waals surface area (Å²) in [5.41, 5.74) is 2.96. The van der Waals surface area contributed by atoms with Crippen LogP contribution < -0.4 is 4.90 Å². The molecule has 0 aliphatic carbocycles. The van der Waals surface area contributed by atoms with E-state index in [-0.39, 0.29) is 11.7 Å². The molecule has 0 fully saturated rings. The molecular formula is C21H18N2O3S2. The summed E-state index contributed by atoms with van der Waals surface area (Å²) in [6, 6.07) is 16.6. The number of nitrogens with zero attached hydrogens (tertiary/aromatic N) is 2. The molecule has 4 rings (SSSR count). The number of aryl methyl sites for hydroxylation is 1. The van der Waals surface area contributed by atoms with Gasteiger partial charge in [-0.1, -0.05) is 48.0 Å². The number of anilines is 1. The molecule has 0 saturated carbocycles. The normalized spacial score (nSPS) is 17.5. The molecule has 1 aromatic heterocycles. The standard InChI is InChI=1S/C21H18N2O3S2/c1-15-7-9-17(10-8-15)23(18-11-12-28(25,26)14-18)21(24)19-13-27-20(22-19)16-5-3-2-4-6-16/h2-13,18H,14H2,1H3/t18-/m1/s1. The first kappa shape index (κ1) is 18.6. The van der Waals surface area contributed by atoms with Crippen molar-refractivity contribution in [2.75, 3.05) is 10.7 Å². The van der Waals surface area contributed by atoms with Gasteiger partial charge in [-0.05, 0) is 25.1 Å². The van der Waals surface area contributed by atoms with Crippen LogP contribution in [0.2, 0.25) is 0 Å². The van der Waals surface area contributed by atoms with Gasteiger partial charge in [-0.2, -0.15) is 0 Å². The predicted molar refractivity (Wildman–Crippen MR) is 112 cm³/mol. The number of aromatic nitrogens is 1. The molecule has 1 atom stereocenters. The zero-order valence-corrected chi connectivity index (χ0v) is 16.8. The van der Waals surface area contributed by atoms with Crippen LogP contribution >= 0.6 is 11.3 Å². The Labute approximate surface area is 167 Å². The molecule has 2 heterocycles. The van der Waals surface area contributed by atoms with Gasteiger partial charge in [0, 0.05) is 22.0 Å². The Kier molecular flexibility index (Phi) is 4.87. The van der Waals surface area contributed by atoms with Gasteiger partial charge in [-0.15, -0.1) is 11.3 Å². The van der Waals surface area contributed by atoms with Gasteiger partial charge >= 0.3 is 0 Å². The molecule has 0 bridgehead atoms. The molecule has 7 heteroatoms. The van der Waals surface area contributed by atoms with E-state index >= 15 is 0 Å². The van der Waals surface area contributed by atoms with Gasteiger partial charge in [0.05, 0.1) is 11.8 Å². The summed E-state index contributed by atoms with van der Waals surface area (Å²) in [7, 11) is -3.30. The van der Waals surface area contributed by atoms with E-state index in [9.17, 15) is 13.2 Å². The molecule has 1 amide bonds. The lowest BCUT2D eigenvalue weighted by Gasteiger charge is -2.27. The Morgan fingerprint density at radius 3 is 2.46 bits per heavy atom. The summed E-state index contributed by atoms with van der Waals surface area (Å²) in [6.45, 7) is 1.96.